The zero-order valence-corrected chi connectivity index (χ0v) is 15.1. The van der Waals surface area contributed by atoms with E-state index in [0.29, 0.717) is 5.91 Å². The van der Waals surface area contributed by atoms with Gasteiger partial charge in [0.1, 0.15) is 0 Å². The Kier molecular flexibility index (Phi) is 5.21. The summed E-state index contributed by atoms with van der Waals surface area (Å²) in [5, 5.41) is 8.58. The van der Waals surface area contributed by atoms with Gasteiger partial charge < -0.3 is 14.7 Å². The van der Waals surface area contributed by atoms with E-state index in [1.54, 1.807) is 0 Å². The number of aromatic nitrogens is 2. The van der Waals surface area contributed by atoms with Crippen LogP contribution in [0, 0.1) is 11.8 Å². The molecule has 2 aliphatic heterocycles. The molecule has 24 heavy (non-hydrogen) atoms. The Balaban J connectivity index is 1.52. The van der Waals surface area contributed by atoms with Gasteiger partial charge in [-0.3, -0.25) is 4.79 Å². The summed E-state index contributed by atoms with van der Waals surface area (Å²) in [5.41, 5.74) is 0. The van der Waals surface area contributed by atoms with E-state index < -0.39 is 0 Å². The van der Waals surface area contributed by atoms with Crippen LogP contribution in [0.25, 0.3) is 0 Å². The summed E-state index contributed by atoms with van der Waals surface area (Å²) in [6.45, 7) is 5.94. The van der Waals surface area contributed by atoms with Crippen LogP contribution in [0.15, 0.2) is 12.1 Å². The fourth-order valence-electron chi connectivity index (χ4n) is 3.57. The van der Waals surface area contributed by atoms with Gasteiger partial charge in [-0.2, -0.15) is 0 Å². The molecule has 0 N–H and O–H groups in total. The number of amides is 1. The monoisotopic (exact) mass is 331 g/mol. The Labute approximate surface area is 144 Å². The number of hydrogen-bond acceptors (Lipinski definition) is 5. The van der Waals surface area contributed by atoms with E-state index in [1.807, 2.05) is 31.1 Å². The normalized spacial score (nSPS) is 20.3. The standard InChI is InChI=1S/C18H29N5O/c1-14-6-10-23(11-7-14)18(24)15-8-12-22(13-9-15)17-5-4-16(19-20-17)21(2)3/h4-5,14-15H,6-13H2,1-3H3. The van der Waals surface area contributed by atoms with Crippen molar-refractivity contribution in [3.8, 4) is 0 Å². The van der Waals surface area contributed by atoms with Gasteiger partial charge in [-0.15, -0.1) is 10.2 Å². The summed E-state index contributed by atoms with van der Waals surface area (Å²) >= 11 is 0. The van der Waals surface area contributed by atoms with E-state index in [1.165, 1.54) is 0 Å². The van der Waals surface area contributed by atoms with Gasteiger partial charge in [-0.25, -0.2) is 0 Å². The zero-order valence-electron chi connectivity index (χ0n) is 15.1. The second-order valence-electron chi connectivity index (χ2n) is 7.41. The van der Waals surface area contributed by atoms with E-state index in [2.05, 4.69) is 26.9 Å². The minimum Gasteiger partial charge on any atom is -0.361 e. The molecule has 3 rings (SSSR count). The lowest BCUT2D eigenvalue weighted by atomic mass is 9.92. The molecule has 1 aromatic rings. The average molecular weight is 331 g/mol. The molecule has 1 amide bonds. The molecular formula is C18H29N5O. The van der Waals surface area contributed by atoms with Crippen molar-refractivity contribution in [2.45, 2.75) is 32.6 Å². The molecule has 3 heterocycles. The van der Waals surface area contributed by atoms with Gasteiger partial charge >= 0.3 is 0 Å². The number of nitrogens with zero attached hydrogens (tertiary/aromatic N) is 5. The summed E-state index contributed by atoms with van der Waals surface area (Å²) in [7, 11) is 3.92. The first-order valence-corrected chi connectivity index (χ1v) is 9.09. The molecule has 6 heteroatoms. The van der Waals surface area contributed by atoms with Crippen LogP contribution >= 0.6 is 0 Å². The van der Waals surface area contributed by atoms with Gasteiger partial charge in [0, 0.05) is 46.2 Å². The molecule has 0 radical (unpaired) electrons. The van der Waals surface area contributed by atoms with Crippen molar-refractivity contribution in [1.29, 1.82) is 0 Å². The minimum absolute atomic E-state index is 0.184. The van der Waals surface area contributed by atoms with Gasteiger partial charge in [0.15, 0.2) is 11.6 Å². The average Bonchev–Trinajstić information content (AvgIpc) is 2.62. The lowest BCUT2D eigenvalue weighted by Gasteiger charge is -2.37. The van der Waals surface area contributed by atoms with E-state index >= 15 is 0 Å². The van der Waals surface area contributed by atoms with Crippen LogP contribution in [0.1, 0.15) is 32.6 Å². The number of anilines is 2. The number of piperidine rings is 2. The first kappa shape index (κ1) is 17.0. The first-order valence-electron chi connectivity index (χ1n) is 9.09. The van der Waals surface area contributed by atoms with Crippen LogP contribution in [-0.4, -0.2) is 61.3 Å². The third kappa shape index (κ3) is 3.79. The lowest BCUT2D eigenvalue weighted by Crippen LogP contribution is -2.45. The molecule has 0 atom stereocenters. The highest BCUT2D eigenvalue weighted by Crippen LogP contribution is 2.25. The SMILES string of the molecule is CC1CCN(C(=O)C2CCN(c3ccc(N(C)C)nn3)CC2)CC1. The van der Waals surface area contributed by atoms with E-state index in [0.717, 1.165) is 69.4 Å². The Bertz CT molecular complexity index is 543. The smallest absolute Gasteiger partial charge is 0.225 e. The molecule has 2 saturated heterocycles. The third-order valence-electron chi connectivity index (χ3n) is 5.36. The highest BCUT2D eigenvalue weighted by atomic mass is 16.2. The molecular weight excluding hydrogens is 302 g/mol. The predicted octanol–water partition coefficient (Wildman–Crippen LogP) is 2.02. The summed E-state index contributed by atoms with van der Waals surface area (Å²) in [4.78, 5) is 19.0. The Morgan fingerprint density at radius 3 is 2.25 bits per heavy atom. The Hall–Kier alpha value is -1.85. The molecule has 0 bridgehead atoms. The molecule has 132 valence electrons. The van der Waals surface area contributed by atoms with Crippen molar-refractivity contribution >= 4 is 17.5 Å². The van der Waals surface area contributed by atoms with Gasteiger partial charge in [0.25, 0.3) is 0 Å². The van der Waals surface area contributed by atoms with Gasteiger partial charge in [0.2, 0.25) is 5.91 Å². The van der Waals surface area contributed by atoms with Gasteiger partial charge in [-0.05, 0) is 43.7 Å². The van der Waals surface area contributed by atoms with Crippen molar-refractivity contribution < 1.29 is 4.79 Å². The maximum atomic E-state index is 12.7. The fraction of sp³-hybridized carbons (Fsp3) is 0.722. The van der Waals surface area contributed by atoms with Crippen LogP contribution in [-0.2, 0) is 4.79 Å². The van der Waals surface area contributed by atoms with Crippen LogP contribution in [0.3, 0.4) is 0 Å². The largest absolute Gasteiger partial charge is 0.361 e. The predicted molar refractivity (Wildman–Crippen MR) is 96.3 cm³/mol. The molecule has 2 fully saturated rings. The van der Waals surface area contributed by atoms with Crippen molar-refractivity contribution in [3.05, 3.63) is 12.1 Å². The van der Waals surface area contributed by atoms with Crippen molar-refractivity contribution in [3.63, 3.8) is 0 Å². The van der Waals surface area contributed by atoms with Crippen LogP contribution in [0.5, 0.6) is 0 Å². The molecule has 0 aliphatic carbocycles. The van der Waals surface area contributed by atoms with Crippen molar-refractivity contribution in [1.82, 2.24) is 15.1 Å². The molecule has 0 spiro atoms. The molecule has 2 aliphatic rings. The summed E-state index contributed by atoms with van der Waals surface area (Å²) in [6.07, 6.45) is 4.14. The van der Waals surface area contributed by atoms with Gasteiger partial charge in [-0.1, -0.05) is 6.92 Å². The zero-order chi connectivity index (χ0) is 17.1. The topological polar surface area (TPSA) is 52.6 Å². The second-order valence-corrected chi connectivity index (χ2v) is 7.41. The van der Waals surface area contributed by atoms with E-state index in [-0.39, 0.29) is 5.92 Å². The lowest BCUT2D eigenvalue weighted by molar-refractivity contribution is -0.137. The molecule has 1 aromatic heterocycles. The van der Waals surface area contributed by atoms with Crippen molar-refractivity contribution in [2.75, 3.05) is 50.1 Å². The van der Waals surface area contributed by atoms with Crippen LogP contribution in [0.2, 0.25) is 0 Å². The highest BCUT2D eigenvalue weighted by molar-refractivity contribution is 5.79. The number of carbonyl (C=O) groups excluding carboxylic acids is 1. The molecule has 0 aromatic carbocycles. The second kappa shape index (κ2) is 7.36. The summed E-state index contributed by atoms with van der Waals surface area (Å²) < 4.78 is 0. The van der Waals surface area contributed by atoms with E-state index in [4.69, 9.17) is 0 Å². The molecule has 0 saturated carbocycles. The van der Waals surface area contributed by atoms with Crippen LogP contribution < -0.4 is 9.80 Å². The number of carbonyl (C=O) groups is 1. The van der Waals surface area contributed by atoms with Gasteiger partial charge in [0.05, 0.1) is 0 Å². The summed E-state index contributed by atoms with van der Waals surface area (Å²) in [6, 6.07) is 4.02. The summed E-state index contributed by atoms with van der Waals surface area (Å²) in [5.74, 6) is 3.10. The Morgan fingerprint density at radius 1 is 1.04 bits per heavy atom. The molecule has 0 unspecified atom stereocenters. The van der Waals surface area contributed by atoms with Crippen molar-refractivity contribution in [2.24, 2.45) is 11.8 Å². The number of hydrogen-bond donors (Lipinski definition) is 0. The quantitative estimate of drug-likeness (QED) is 0.848. The first-order chi connectivity index (χ1) is 11.5. The minimum atomic E-state index is 0.184. The maximum absolute atomic E-state index is 12.7. The van der Waals surface area contributed by atoms with E-state index in [9.17, 15) is 4.79 Å². The maximum Gasteiger partial charge on any atom is 0.225 e. The third-order valence-corrected chi connectivity index (χ3v) is 5.36. The fourth-order valence-corrected chi connectivity index (χ4v) is 3.57. The molecule has 6 nitrogen and oxygen atoms in total. The number of likely N-dealkylation sites (tertiary alicyclic amines) is 1. The Morgan fingerprint density at radius 2 is 1.71 bits per heavy atom. The van der Waals surface area contributed by atoms with Crippen LogP contribution in [0.4, 0.5) is 11.6 Å². The number of rotatable bonds is 3. The highest BCUT2D eigenvalue weighted by Gasteiger charge is 2.30.